The van der Waals surface area contributed by atoms with Gasteiger partial charge in [0.05, 0.1) is 43.5 Å². The van der Waals surface area contributed by atoms with Crippen molar-refractivity contribution in [2.24, 2.45) is 50.2 Å². The molecule has 0 amide bonds. The van der Waals surface area contributed by atoms with Crippen molar-refractivity contribution in [2.75, 3.05) is 19.8 Å². The van der Waals surface area contributed by atoms with Gasteiger partial charge in [-0.2, -0.15) is 0 Å². The first kappa shape index (κ1) is 65.0. The van der Waals surface area contributed by atoms with E-state index in [9.17, 15) is 81.1 Å². The second-order valence-electron chi connectivity index (χ2n) is 27.5. The summed E-state index contributed by atoms with van der Waals surface area (Å²) in [7, 11) is 0. The maximum Gasteiger partial charge on any atom is 0.335 e. The quantitative estimate of drug-likeness (QED) is 0.0438. The normalized spacial score (nSPS) is 52.4. The number of aliphatic hydroxyl groups is 13. The lowest BCUT2D eigenvalue weighted by Crippen LogP contribution is -2.72. The molecule has 474 valence electrons. The van der Waals surface area contributed by atoms with Crippen molar-refractivity contribution < 1.29 is 124 Å². The molecule has 0 radical (unpaired) electrons. The fourth-order valence-corrected chi connectivity index (χ4v) is 17.0. The highest BCUT2D eigenvalue weighted by atomic mass is 16.8. The van der Waals surface area contributed by atoms with Crippen LogP contribution in [0.3, 0.4) is 0 Å². The molecule has 3 unspecified atom stereocenters. The van der Waals surface area contributed by atoms with Gasteiger partial charge in [0.15, 0.2) is 31.3 Å². The third kappa shape index (κ3) is 10.5. The number of hydrogen-bond donors (Lipinski definition) is 14. The standard InChI is InChI=1S/C58H92O25/c1-11-23(2)48(74)83-46-45(71)58(22-60)26(18-53(46,4)5)25-12-13-30-55(8)16-15-32(54(6,7)29(55)14-17-56(30,9)57(25,10)19-31(58)62)78-52-44(82-50-39(69)37(67)35(65)28(20-59)77-50)41(40(70)42(80-52)47(72)73)79-51-43(34(64)27(61)21-75-51)81-49-38(68)36(66)33(63)24(3)76-49/h11-12,24,26-46,49-52,59-71H,13-22H2,1-10H3,(H,72,73)/b23-11-/t24-,26?,27-,28+,29?,30?,31+,32-,33-,34-,35-,36+,37-,38+,39+,40-,41-,42-,43+,44+,45-,46-,49-,50-,51-,52+,55-,56+,57+,58-/m0/s1. The van der Waals surface area contributed by atoms with Gasteiger partial charge in [-0.15, -0.1) is 0 Å². The van der Waals surface area contributed by atoms with E-state index >= 15 is 0 Å². The summed E-state index contributed by atoms with van der Waals surface area (Å²) in [5, 5.41) is 156. The molecule has 25 nitrogen and oxygen atoms in total. The van der Waals surface area contributed by atoms with Crippen molar-refractivity contribution in [2.45, 2.75) is 255 Å². The lowest BCUT2D eigenvalue weighted by Gasteiger charge is -2.72. The van der Waals surface area contributed by atoms with Gasteiger partial charge in [-0.05, 0) is 105 Å². The van der Waals surface area contributed by atoms with Crippen LogP contribution in [0.2, 0.25) is 0 Å². The molecular weight excluding hydrogens is 1100 g/mol. The highest BCUT2D eigenvalue weighted by Crippen LogP contribution is 2.76. The van der Waals surface area contributed by atoms with Crippen LogP contribution in [0.15, 0.2) is 23.3 Å². The second-order valence-corrected chi connectivity index (χ2v) is 27.5. The summed E-state index contributed by atoms with van der Waals surface area (Å²) in [6.45, 7) is 17.4. The largest absolute Gasteiger partial charge is 0.479 e. The monoisotopic (exact) mass is 1190 g/mol. The minimum absolute atomic E-state index is 0.0179. The van der Waals surface area contributed by atoms with Crippen molar-refractivity contribution in [3.05, 3.63) is 23.3 Å². The molecule has 4 saturated carbocycles. The van der Waals surface area contributed by atoms with E-state index in [0.29, 0.717) is 44.1 Å². The number of hydrogen-bond acceptors (Lipinski definition) is 24. The molecule has 9 rings (SSSR count). The number of carbonyl (C=O) groups is 2. The van der Waals surface area contributed by atoms with Crippen molar-refractivity contribution in [1.82, 2.24) is 0 Å². The zero-order chi connectivity index (χ0) is 61.2. The molecule has 4 aliphatic heterocycles. The first-order valence-electron chi connectivity index (χ1n) is 29.4. The van der Waals surface area contributed by atoms with Crippen LogP contribution in [0.4, 0.5) is 0 Å². The maximum atomic E-state index is 13.2. The molecule has 30 atom stereocenters. The van der Waals surface area contributed by atoms with Crippen molar-refractivity contribution in [1.29, 1.82) is 0 Å². The first-order chi connectivity index (χ1) is 38.7. The summed E-state index contributed by atoms with van der Waals surface area (Å²) < 4.78 is 54.9. The molecule has 83 heavy (non-hydrogen) atoms. The zero-order valence-electron chi connectivity index (χ0n) is 49.0. The molecular formula is C58H92O25. The van der Waals surface area contributed by atoms with Crippen LogP contribution >= 0.6 is 0 Å². The van der Waals surface area contributed by atoms with Gasteiger partial charge in [0.25, 0.3) is 0 Å². The number of ether oxygens (including phenoxy) is 9. The Labute approximate surface area is 483 Å². The summed E-state index contributed by atoms with van der Waals surface area (Å²) in [4.78, 5) is 26.3. The molecule has 4 saturated heterocycles. The number of aliphatic carboxylic acids is 1. The van der Waals surface area contributed by atoms with Crippen LogP contribution in [-0.2, 0) is 52.2 Å². The molecule has 4 heterocycles. The van der Waals surface area contributed by atoms with Gasteiger partial charge >= 0.3 is 11.9 Å². The Morgan fingerprint density at radius 1 is 0.687 bits per heavy atom. The van der Waals surface area contributed by atoms with E-state index in [1.807, 2.05) is 27.7 Å². The minimum atomic E-state index is -2.21. The van der Waals surface area contributed by atoms with E-state index in [1.165, 1.54) is 6.92 Å². The third-order valence-corrected chi connectivity index (χ3v) is 22.3. The number of carbonyl (C=O) groups excluding carboxylic acids is 1. The van der Waals surface area contributed by atoms with E-state index in [2.05, 4.69) is 26.8 Å². The second kappa shape index (κ2) is 23.5. The molecule has 0 aromatic rings. The molecule has 0 spiro atoms. The Morgan fingerprint density at radius 3 is 1.94 bits per heavy atom. The Balaban J connectivity index is 1.03. The van der Waals surface area contributed by atoms with Gasteiger partial charge in [0.1, 0.15) is 91.6 Å². The van der Waals surface area contributed by atoms with Crippen LogP contribution in [0.25, 0.3) is 0 Å². The number of esters is 1. The van der Waals surface area contributed by atoms with Crippen LogP contribution in [0.5, 0.6) is 0 Å². The average Bonchev–Trinajstić information content (AvgIpc) is 0.735. The lowest BCUT2D eigenvalue weighted by atomic mass is 9.33. The summed E-state index contributed by atoms with van der Waals surface area (Å²) >= 11 is 0. The number of allylic oxidation sites excluding steroid dienone is 3. The number of rotatable bonds is 13. The predicted molar refractivity (Wildman–Crippen MR) is 283 cm³/mol. The van der Waals surface area contributed by atoms with Crippen LogP contribution in [0, 0.1) is 50.2 Å². The van der Waals surface area contributed by atoms with Crippen molar-refractivity contribution in [3.8, 4) is 0 Å². The maximum absolute atomic E-state index is 13.2. The van der Waals surface area contributed by atoms with E-state index in [-0.39, 0.29) is 18.3 Å². The van der Waals surface area contributed by atoms with Gasteiger partial charge in [0, 0.05) is 11.0 Å². The fourth-order valence-electron chi connectivity index (χ4n) is 17.0. The number of aliphatic hydroxyl groups excluding tert-OH is 13. The van der Waals surface area contributed by atoms with Gasteiger partial charge in [0.2, 0.25) is 0 Å². The van der Waals surface area contributed by atoms with E-state index < -0.39 is 211 Å². The van der Waals surface area contributed by atoms with E-state index in [4.69, 9.17) is 42.6 Å². The highest BCUT2D eigenvalue weighted by molar-refractivity contribution is 5.87. The molecule has 14 N–H and O–H groups in total. The molecule has 0 bridgehead atoms. The molecule has 0 aromatic heterocycles. The van der Waals surface area contributed by atoms with Crippen LogP contribution < -0.4 is 0 Å². The third-order valence-electron chi connectivity index (χ3n) is 22.3. The summed E-state index contributed by atoms with van der Waals surface area (Å²) in [5.41, 5.74) is -2.98. The van der Waals surface area contributed by atoms with Gasteiger partial charge in [-0.1, -0.05) is 66.2 Å². The lowest BCUT2D eigenvalue weighted by molar-refractivity contribution is -0.400. The number of carboxylic acids is 1. The Kier molecular flexibility index (Phi) is 18.4. The molecule has 5 aliphatic carbocycles. The zero-order valence-corrected chi connectivity index (χ0v) is 49.0. The van der Waals surface area contributed by atoms with Gasteiger partial charge in [-0.25, -0.2) is 9.59 Å². The Hall–Kier alpha value is -2.42. The first-order valence-corrected chi connectivity index (χ1v) is 29.4. The summed E-state index contributed by atoms with van der Waals surface area (Å²) in [6.07, 6.45) is -31.7. The topological polar surface area (TPSA) is 400 Å². The number of carboxylic acid groups (broad SMARTS) is 1. The molecule has 25 heteroatoms. The highest BCUT2D eigenvalue weighted by Gasteiger charge is 2.73. The van der Waals surface area contributed by atoms with Crippen LogP contribution in [-0.4, -0.2) is 244 Å². The predicted octanol–water partition coefficient (Wildman–Crippen LogP) is -1.37. The molecule has 0 aromatic carbocycles. The minimum Gasteiger partial charge on any atom is -0.479 e. The SMILES string of the molecule is C/C=C(/C)C(=O)O[C@H]1[C@H](O)[C@@]2(CO)C(CC1(C)C)C1=CCC3[C@@]4(C)CC[C@H](O[C@@H]5O[C@H](C(=O)O)[C@@H](O)[C@H](O[C@@H]6OC[C@H](O)[C@H](O)[C@H]6O[C@@H]6O[C@@H](C)[C@H](O)[C@@H](O)[C@H]6O)[C@H]5O[C@@H]5O[C@H](CO)[C@H](O)[C@H](O)[C@H]5O)C(C)(C)C4CC[C@@]3(C)[C@]1(C)C[C@H]2O. The van der Waals surface area contributed by atoms with Crippen LogP contribution in [0.1, 0.15) is 114 Å². The Bertz CT molecular complexity index is 2400. The fraction of sp³-hybridized carbons (Fsp3) is 0.897. The molecule has 9 aliphatic rings. The smallest absolute Gasteiger partial charge is 0.335 e. The van der Waals surface area contributed by atoms with E-state index in [0.717, 1.165) is 5.57 Å². The number of fused-ring (bicyclic) bond motifs is 7. The van der Waals surface area contributed by atoms with Gasteiger partial charge < -0.3 is 114 Å². The van der Waals surface area contributed by atoms with Gasteiger partial charge in [-0.3, -0.25) is 0 Å². The van der Waals surface area contributed by atoms with E-state index in [1.54, 1.807) is 19.9 Å². The summed E-state index contributed by atoms with van der Waals surface area (Å²) in [6, 6.07) is 0. The average molecular weight is 1190 g/mol. The van der Waals surface area contributed by atoms with Crippen molar-refractivity contribution in [3.63, 3.8) is 0 Å². The Morgan fingerprint density at radius 2 is 1.31 bits per heavy atom. The summed E-state index contributed by atoms with van der Waals surface area (Å²) in [5.74, 6) is -2.80. The van der Waals surface area contributed by atoms with Crippen molar-refractivity contribution >= 4 is 11.9 Å². The molecule has 8 fully saturated rings.